The molecule has 1 nitrogen and oxygen atoms in total. The molecule has 0 fully saturated rings. The van der Waals surface area contributed by atoms with E-state index in [9.17, 15) is 0 Å². The molecule has 0 spiro atoms. The average molecular weight is 255 g/mol. The highest BCUT2D eigenvalue weighted by Gasteiger charge is 1.97. The zero-order valence-corrected chi connectivity index (χ0v) is 12.5. The molecule has 0 unspecified atom stereocenters. The number of hydrogen-bond acceptors (Lipinski definition) is 1. The predicted molar refractivity (Wildman–Crippen MR) is 84.6 cm³/mol. The predicted octanol–water partition coefficient (Wildman–Crippen LogP) is 4.14. The Morgan fingerprint density at radius 1 is 0.842 bits per heavy atom. The largest absolute Gasteiger partial charge is 0.317 e. The van der Waals surface area contributed by atoms with Crippen LogP contribution in [0.4, 0.5) is 0 Å². The zero-order chi connectivity index (χ0) is 14.1. The standard InChI is InChI=1S/C10H15N.C8H10/c1-9(11-2)8-10-6-4-3-5-7-10;1-7-3-5-8(2)6-4-7/h3-7,9,11H,8H2,1-2H3;3-6H,1-2H3/t9-;/m0./s1. The van der Waals surface area contributed by atoms with Gasteiger partial charge >= 0.3 is 0 Å². The number of likely N-dealkylation sites (N-methyl/N-ethyl adjacent to an activating group) is 1. The molecule has 1 heteroatoms. The fourth-order valence-corrected chi connectivity index (χ4v) is 1.71. The zero-order valence-electron chi connectivity index (χ0n) is 12.5. The Morgan fingerprint density at radius 2 is 1.32 bits per heavy atom. The summed E-state index contributed by atoms with van der Waals surface area (Å²) in [5.41, 5.74) is 4.06. The van der Waals surface area contributed by atoms with Gasteiger partial charge in [0.15, 0.2) is 0 Å². The minimum atomic E-state index is 0.567. The van der Waals surface area contributed by atoms with Gasteiger partial charge in [0.2, 0.25) is 0 Å². The van der Waals surface area contributed by atoms with E-state index in [-0.39, 0.29) is 0 Å². The van der Waals surface area contributed by atoms with Crippen molar-refractivity contribution in [2.75, 3.05) is 7.05 Å². The van der Waals surface area contributed by atoms with Crippen LogP contribution in [0, 0.1) is 13.8 Å². The highest BCUT2D eigenvalue weighted by atomic mass is 14.8. The molecule has 0 bridgehead atoms. The maximum absolute atomic E-state index is 3.21. The van der Waals surface area contributed by atoms with Gasteiger partial charge in [-0.05, 0) is 39.8 Å². The van der Waals surface area contributed by atoms with Gasteiger partial charge in [0, 0.05) is 6.04 Å². The van der Waals surface area contributed by atoms with Crippen molar-refractivity contribution in [2.24, 2.45) is 0 Å². The number of nitrogens with one attached hydrogen (secondary N) is 1. The Balaban J connectivity index is 0.000000200. The van der Waals surface area contributed by atoms with E-state index in [4.69, 9.17) is 0 Å². The van der Waals surface area contributed by atoms with Gasteiger partial charge in [0.1, 0.15) is 0 Å². The van der Waals surface area contributed by atoms with Crippen molar-refractivity contribution in [2.45, 2.75) is 33.2 Å². The molecule has 2 aromatic carbocycles. The first kappa shape index (κ1) is 15.5. The summed E-state index contributed by atoms with van der Waals surface area (Å²) in [6.07, 6.45) is 1.11. The van der Waals surface area contributed by atoms with Crippen LogP contribution in [0.5, 0.6) is 0 Å². The van der Waals surface area contributed by atoms with E-state index in [1.807, 2.05) is 13.1 Å². The summed E-state index contributed by atoms with van der Waals surface area (Å²) in [6, 6.07) is 19.6. The average Bonchev–Trinajstić information content (AvgIpc) is 2.44. The summed E-state index contributed by atoms with van der Waals surface area (Å²) in [7, 11) is 1.99. The molecule has 0 amide bonds. The van der Waals surface area contributed by atoms with Crippen LogP contribution in [0.1, 0.15) is 23.6 Å². The van der Waals surface area contributed by atoms with Crippen LogP contribution in [0.25, 0.3) is 0 Å². The Morgan fingerprint density at radius 3 is 1.74 bits per heavy atom. The van der Waals surface area contributed by atoms with E-state index in [1.165, 1.54) is 16.7 Å². The van der Waals surface area contributed by atoms with Crippen molar-refractivity contribution in [3.63, 3.8) is 0 Å². The molecule has 0 heterocycles. The van der Waals surface area contributed by atoms with Gasteiger partial charge in [0.05, 0.1) is 0 Å². The van der Waals surface area contributed by atoms with Crippen LogP contribution in [-0.4, -0.2) is 13.1 Å². The van der Waals surface area contributed by atoms with Gasteiger partial charge in [-0.15, -0.1) is 0 Å². The van der Waals surface area contributed by atoms with E-state index in [2.05, 4.69) is 74.6 Å². The Hall–Kier alpha value is -1.60. The summed E-state index contributed by atoms with van der Waals surface area (Å²) in [6.45, 7) is 6.38. The molecule has 0 aliphatic carbocycles. The number of aryl methyl sites for hydroxylation is 2. The van der Waals surface area contributed by atoms with E-state index in [1.54, 1.807) is 0 Å². The van der Waals surface area contributed by atoms with Crippen molar-refractivity contribution < 1.29 is 0 Å². The first-order valence-electron chi connectivity index (χ1n) is 6.86. The first-order valence-corrected chi connectivity index (χ1v) is 6.86. The second-order valence-corrected chi connectivity index (χ2v) is 5.03. The lowest BCUT2D eigenvalue weighted by Crippen LogP contribution is -2.23. The SMILES string of the molecule is CN[C@@H](C)Cc1ccccc1.Cc1ccc(C)cc1. The molecule has 1 atom stereocenters. The van der Waals surface area contributed by atoms with Crippen LogP contribution in [0.15, 0.2) is 54.6 Å². The molecule has 102 valence electrons. The number of hydrogen-bond donors (Lipinski definition) is 1. The molecule has 0 saturated heterocycles. The molecule has 0 aliphatic rings. The first-order chi connectivity index (χ1) is 9.11. The maximum Gasteiger partial charge on any atom is 0.00761 e. The summed E-state index contributed by atoms with van der Waals surface area (Å²) in [5.74, 6) is 0. The fourth-order valence-electron chi connectivity index (χ4n) is 1.71. The van der Waals surface area contributed by atoms with E-state index in [0.717, 1.165) is 6.42 Å². The molecule has 1 N–H and O–H groups in total. The third-order valence-corrected chi connectivity index (χ3v) is 3.10. The van der Waals surface area contributed by atoms with Crippen LogP contribution < -0.4 is 5.32 Å². The molecule has 0 saturated carbocycles. The molecule has 2 rings (SSSR count). The molecule has 0 radical (unpaired) electrons. The van der Waals surface area contributed by atoms with Crippen molar-refractivity contribution >= 4 is 0 Å². The molecular weight excluding hydrogens is 230 g/mol. The minimum absolute atomic E-state index is 0.567. The molecular formula is C18H25N. The van der Waals surface area contributed by atoms with Gasteiger partial charge in [-0.25, -0.2) is 0 Å². The third kappa shape index (κ3) is 6.78. The van der Waals surface area contributed by atoms with Crippen LogP contribution in [0.3, 0.4) is 0 Å². The summed E-state index contributed by atoms with van der Waals surface area (Å²) in [4.78, 5) is 0. The van der Waals surface area contributed by atoms with E-state index < -0.39 is 0 Å². The number of rotatable bonds is 3. The van der Waals surface area contributed by atoms with Crippen LogP contribution in [-0.2, 0) is 6.42 Å². The highest BCUT2D eigenvalue weighted by molar-refractivity contribution is 5.19. The quantitative estimate of drug-likeness (QED) is 0.869. The Labute approximate surface area is 117 Å². The monoisotopic (exact) mass is 255 g/mol. The topological polar surface area (TPSA) is 12.0 Å². The Bertz CT molecular complexity index is 424. The molecule has 0 aliphatic heterocycles. The molecule has 2 aromatic rings. The smallest absolute Gasteiger partial charge is 0.00761 e. The van der Waals surface area contributed by atoms with Gasteiger partial charge in [-0.3, -0.25) is 0 Å². The second kappa shape index (κ2) is 8.49. The van der Waals surface area contributed by atoms with Crippen LogP contribution >= 0.6 is 0 Å². The lowest BCUT2D eigenvalue weighted by atomic mass is 10.1. The molecule has 19 heavy (non-hydrogen) atoms. The van der Waals surface area contributed by atoms with Gasteiger partial charge < -0.3 is 5.32 Å². The fraction of sp³-hybridized carbons (Fsp3) is 0.333. The minimum Gasteiger partial charge on any atom is -0.317 e. The second-order valence-electron chi connectivity index (χ2n) is 5.03. The van der Waals surface area contributed by atoms with Crippen molar-refractivity contribution in [1.29, 1.82) is 0 Å². The van der Waals surface area contributed by atoms with Crippen molar-refractivity contribution in [1.82, 2.24) is 5.32 Å². The Kier molecular flexibility index (Phi) is 6.91. The van der Waals surface area contributed by atoms with Gasteiger partial charge in [-0.2, -0.15) is 0 Å². The maximum atomic E-state index is 3.21. The lowest BCUT2D eigenvalue weighted by Gasteiger charge is -2.08. The van der Waals surface area contributed by atoms with Gasteiger partial charge in [0.25, 0.3) is 0 Å². The third-order valence-electron chi connectivity index (χ3n) is 3.10. The summed E-state index contributed by atoms with van der Waals surface area (Å²) >= 11 is 0. The summed E-state index contributed by atoms with van der Waals surface area (Å²) < 4.78 is 0. The van der Waals surface area contributed by atoms with Crippen LogP contribution in [0.2, 0.25) is 0 Å². The normalized spacial score (nSPS) is 11.4. The van der Waals surface area contributed by atoms with Crippen molar-refractivity contribution in [3.8, 4) is 0 Å². The van der Waals surface area contributed by atoms with E-state index in [0.29, 0.717) is 6.04 Å². The summed E-state index contributed by atoms with van der Waals surface area (Å²) in [5, 5.41) is 3.21. The molecule has 0 aromatic heterocycles. The van der Waals surface area contributed by atoms with Gasteiger partial charge in [-0.1, -0.05) is 65.7 Å². The van der Waals surface area contributed by atoms with E-state index >= 15 is 0 Å². The number of benzene rings is 2. The lowest BCUT2D eigenvalue weighted by molar-refractivity contribution is 0.608. The highest BCUT2D eigenvalue weighted by Crippen LogP contribution is 2.01. The van der Waals surface area contributed by atoms with Crippen molar-refractivity contribution in [3.05, 3.63) is 71.3 Å².